The number of ether oxygens (including phenoxy) is 1. The first kappa shape index (κ1) is 12.5. The average Bonchev–Trinajstić information content (AvgIpc) is 2.16. The molecule has 1 rings (SSSR count). The van der Waals surface area contributed by atoms with Gasteiger partial charge in [0.25, 0.3) is 0 Å². The number of methoxy groups -OCH3 is 1. The first-order valence-corrected chi connectivity index (χ1v) is 4.44. The highest BCUT2D eigenvalue weighted by molar-refractivity contribution is 5.86. The molecule has 16 heavy (non-hydrogen) atoms. The van der Waals surface area contributed by atoms with E-state index in [1.54, 1.807) is 6.92 Å². The summed E-state index contributed by atoms with van der Waals surface area (Å²) in [5, 5.41) is 0. The zero-order valence-corrected chi connectivity index (χ0v) is 8.76. The maximum absolute atomic E-state index is 12.0. The Hall–Kier alpha value is -1.59. The third-order valence-electron chi connectivity index (χ3n) is 1.96. The van der Waals surface area contributed by atoms with E-state index in [0.29, 0.717) is 11.4 Å². The number of hydrogen-bond donors (Lipinski definition) is 0. The molecule has 0 spiro atoms. The first-order valence-electron chi connectivity index (χ1n) is 4.44. The topological polar surface area (TPSA) is 39.2 Å². The van der Waals surface area contributed by atoms with Gasteiger partial charge in [-0.15, -0.1) is 0 Å². The van der Waals surface area contributed by atoms with Crippen LogP contribution in [0.1, 0.15) is 11.1 Å². The highest BCUT2D eigenvalue weighted by atomic mass is 19.4. The van der Waals surface area contributed by atoms with Crippen LogP contribution in [0.3, 0.4) is 0 Å². The third kappa shape index (κ3) is 2.95. The van der Waals surface area contributed by atoms with Crippen LogP contribution in [0.25, 0.3) is 0 Å². The molecule has 0 amide bonds. The number of carbonyl (C=O) groups excluding carboxylic acids is 1. The predicted octanol–water partition coefficient (Wildman–Crippen LogP) is 2.07. The van der Waals surface area contributed by atoms with E-state index < -0.39 is 18.4 Å². The molecule has 88 valence electrons. The second-order valence-corrected chi connectivity index (χ2v) is 3.27. The fourth-order valence-corrected chi connectivity index (χ4v) is 1.22. The SMILES string of the molecule is COc1ncc(CC(=O)C(F)(F)F)cc1C. The van der Waals surface area contributed by atoms with Crippen LogP contribution in [-0.2, 0) is 11.2 Å². The molecule has 0 radical (unpaired) electrons. The number of pyridine rings is 1. The summed E-state index contributed by atoms with van der Waals surface area (Å²) in [7, 11) is 1.41. The lowest BCUT2D eigenvalue weighted by molar-refractivity contribution is -0.170. The van der Waals surface area contributed by atoms with Crippen LogP contribution in [0.4, 0.5) is 13.2 Å². The molecule has 3 nitrogen and oxygen atoms in total. The monoisotopic (exact) mass is 233 g/mol. The van der Waals surface area contributed by atoms with E-state index in [1.807, 2.05) is 0 Å². The van der Waals surface area contributed by atoms with E-state index in [1.165, 1.54) is 19.4 Å². The number of carbonyl (C=O) groups is 1. The Morgan fingerprint density at radius 2 is 2.12 bits per heavy atom. The molecule has 0 unspecified atom stereocenters. The largest absolute Gasteiger partial charge is 0.481 e. The summed E-state index contributed by atoms with van der Waals surface area (Å²) in [6, 6.07) is 1.45. The van der Waals surface area contributed by atoms with Crippen LogP contribution in [0, 0.1) is 6.92 Å². The Labute approximate surface area is 90.2 Å². The number of hydrogen-bond acceptors (Lipinski definition) is 3. The van der Waals surface area contributed by atoms with Crippen LogP contribution in [-0.4, -0.2) is 24.1 Å². The molecule has 1 aromatic rings. The van der Waals surface area contributed by atoms with Gasteiger partial charge in [-0.3, -0.25) is 4.79 Å². The van der Waals surface area contributed by atoms with Crippen molar-refractivity contribution in [1.29, 1.82) is 0 Å². The molecule has 0 aliphatic heterocycles. The average molecular weight is 233 g/mol. The number of aryl methyl sites for hydroxylation is 1. The Morgan fingerprint density at radius 3 is 2.56 bits per heavy atom. The highest BCUT2D eigenvalue weighted by Gasteiger charge is 2.37. The van der Waals surface area contributed by atoms with Crippen molar-refractivity contribution in [3.05, 3.63) is 23.4 Å². The molecular weight excluding hydrogens is 223 g/mol. The molecule has 0 aliphatic carbocycles. The summed E-state index contributed by atoms with van der Waals surface area (Å²) >= 11 is 0. The second-order valence-electron chi connectivity index (χ2n) is 3.27. The molecule has 0 bridgehead atoms. The normalized spacial score (nSPS) is 11.3. The minimum absolute atomic E-state index is 0.223. The Balaban J connectivity index is 2.84. The van der Waals surface area contributed by atoms with Gasteiger partial charge in [-0.25, -0.2) is 4.98 Å². The zero-order valence-electron chi connectivity index (χ0n) is 8.76. The van der Waals surface area contributed by atoms with Crippen molar-refractivity contribution in [3.63, 3.8) is 0 Å². The molecule has 0 saturated carbocycles. The van der Waals surface area contributed by atoms with Crippen molar-refractivity contribution in [2.45, 2.75) is 19.5 Å². The number of halogens is 3. The number of rotatable bonds is 3. The molecule has 0 saturated heterocycles. The van der Waals surface area contributed by atoms with Gasteiger partial charge in [0.1, 0.15) is 0 Å². The van der Waals surface area contributed by atoms with E-state index in [0.717, 1.165) is 0 Å². The fourth-order valence-electron chi connectivity index (χ4n) is 1.22. The van der Waals surface area contributed by atoms with Gasteiger partial charge in [0.15, 0.2) is 0 Å². The lowest BCUT2D eigenvalue weighted by Crippen LogP contribution is -2.24. The first-order chi connectivity index (χ1) is 7.34. The Morgan fingerprint density at radius 1 is 1.50 bits per heavy atom. The number of nitrogens with zero attached hydrogens (tertiary/aromatic N) is 1. The third-order valence-corrected chi connectivity index (χ3v) is 1.96. The van der Waals surface area contributed by atoms with Crippen LogP contribution < -0.4 is 4.74 Å². The van der Waals surface area contributed by atoms with E-state index in [2.05, 4.69) is 4.98 Å². The number of ketones is 1. The summed E-state index contributed by atoms with van der Waals surface area (Å²) < 4.78 is 40.8. The zero-order chi connectivity index (χ0) is 12.3. The maximum Gasteiger partial charge on any atom is 0.450 e. The molecular formula is C10H10F3NO2. The fraction of sp³-hybridized carbons (Fsp3) is 0.400. The highest BCUT2D eigenvalue weighted by Crippen LogP contribution is 2.20. The Kier molecular flexibility index (Phi) is 3.51. The lowest BCUT2D eigenvalue weighted by Gasteiger charge is -2.07. The van der Waals surface area contributed by atoms with Crippen molar-refractivity contribution in [2.24, 2.45) is 0 Å². The van der Waals surface area contributed by atoms with Gasteiger partial charge in [-0.05, 0) is 18.6 Å². The number of aromatic nitrogens is 1. The molecule has 1 aromatic heterocycles. The smallest absolute Gasteiger partial charge is 0.450 e. The van der Waals surface area contributed by atoms with Crippen LogP contribution in [0.2, 0.25) is 0 Å². The molecule has 0 N–H and O–H groups in total. The minimum Gasteiger partial charge on any atom is -0.481 e. The second kappa shape index (κ2) is 4.51. The van der Waals surface area contributed by atoms with Gasteiger partial charge in [0.2, 0.25) is 11.7 Å². The quantitative estimate of drug-likeness (QED) is 0.802. The van der Waals surface area contributed by atoms with Crippen molar-refractivity contribution >= 4 is 5.78 Å². The van der Waals surface area contributed by atoms with Crippen LogP contribution >= 0.6 is 0 Å². The van der Waals surface area contributed by atoms with Crippen molar-refractivity contribution in [1.82, 2.24) is 4.98 Å². The summed E-state index contributed by atoms with van der Waals surface area (Å²) in [6.07, 6.45) is -4.29. The predicted molar refractivity (Wildman–Crippen MR) is 50.3 cm³/mol. The van der Waals surface area contributed by atoms with Gasteiger partial charge in [0, 0.05) is 18.2 Å². The van der Waals surface area contributed by atoms with Gasteiger partial charge < -0.3 is 4.74 Å². The van der Waals surface area contributed by atoms with Crippen LogP contribution in [0.15, 0.2) is 12.3 Å². The van der Waals surface area contributed by atoms with E-state index in [4.69, 9.17) is 4.74 Å². The summed E-state index contributed by atoms with van der Waals surface area (Å²) in [6.45, 7) is 1.65. The minimum atomic E-state index is -4.80. The molecule has 0 aliphatic rings. The van der Waals surface area contributed by atoms with Gasteiger partial charge in [0.05, 0.1) is 7.11 Å². The number of Topliss-reactive ketones (excluding diaryl/α,β-unsaturated/α-hetero) is 1. The van der Waals surface area contributed by atoms with Gasteiger partial charge in [-0.2, -0.15) is 13.2 Å². The summed E-state index contributed by atoms with van der Waals surface area (Å²) in [5.74, 6) is -1.44. The standard InChI is InChI=1S/C10H10F3NO2/c1-6-3-7(5-14-9(6)16-2)4-8(15)10(11,12)13/h3,5H,4H2,1-2H3. The molecule has 0 fully saturated rings. The summed E-state index contributed by atoms with van der Waals surface area (Å²) in [5.41, 5.74) is 0.815. The van der Waals surface area contributed by atoms with E-state index in [-0.39, 0.29) is 5.56 Å². The van der Waals surface area contributed by atoms with Crippen molar-refractivity contribution in [2.75, 3.05) is 7.11 Å². The molecule has 6 heteroatoms. The van der Waals surface area contributed by atoms with Crippen LogP contribution in [0.5, 0.6) is 5.88 Å². The van der Waals surface area contributed by atoms with Gasteiger partial charge in [-0.1, -0.05) is 0 Å². The molecule has 0 aromatic carbocycles. The van der Waals surface area contributed by atoms with Crippen molar-refractivity contribution < 1.29 is 22.7 Å². The molecule has 1 heterocycles. The number of alkyl halides is 3. The lowest BCUT2D eigenvalue weighted by atomic mass is 10.1. The van der Waals surface area contributed by atoms with Crippen molar-refractivity contribution in [3.8, 4) is 5.88 Å². The van der Waals surface area contributed by atoms with E-state index >= 15 is 0 Å². The molecule has 0 atom stereocenters. The maximum atomic E-state index is 12.0. The Bertz CT molecular complexity index is 402. The summed E-state index contributed by atoms with van der Waals surface area (Å²) in [4.78, 5) is 14.5. The van der Waals surface area contributed by atoms with Gasteiger partial charge >= 0.3 is 6.18 Å². The van der Waals surface area contributed by atoms with E-state index in [9.17, 15) is 18.0 Å².